The Bertz CT molecular complexity index is 664. The highest BCUT2D eigenvalue weighted by molar-refractivity contribution is 5.79. The summed E-state index contributed by atoms with van der Waals surface area (Å²) in [6.07, 6.45) is 0.364. The summed E-state index contributed by atoms with van der Waals surface area (Å²) in [6, 6.07) is 1.95. The van der Waals surface area contributed by atoms with Gasteiger partial charge in [0.25, 0.3) is 0 Å². The minimum atomic E-state index is 0.134. The molecule has 124 valence electrons. The second-order valence-corrected chi connectivity index (χ2v) is 6.07. The van der Waals surface area contributed by atoms with E-state index in [0.717, 1.165) is 61.2 Å². The van der Waals surface area contributed by atoms with Crippen LogP contribution in [0.25, 0.3) is 0 Å². The Morgan fingerprint density at radius 2 is 1.87 bits per heavy atom. The first-order valence-corrected chi connectivity index (χ1v) is 7.87. The molecule has 2 aromatic rings. The molecule has 0 atom stereocenters. The van der Waals surface area contributed by atoms with E-state index in [2.05, 4.69) is 15.2 Å². The molecule has 0 bridgehead atoms. The molecule has 0 aliphatic carbocycles. The van der Waals surface area contributed by atoms with E-state index >= 15 is 0 Å². The van der Waals surface area contributed by atoms with Crippen molar-refractivity contribution in [2.24, 2.45) is 0 Å². The number of aryl methyl sites for hydroxylation is 3. The van der Waals surface area contributed by atoms with Crippen molar-refractivity contribution >= 4 is 5.91 Å². The highest BCUT2D eigenvalue weighted by Gasteiger charge is 2.23. The molecule has 0 saturated carbocycles. The van der Waals surface area contributed by atoms with E-state index in [4.69, 9.17) is 9.05 Å². The number of nitrogens with zero attached hydrogens (tertiary/aromatic N) is 4. The van der Waals surface area contributed by atoms with Crippen molar-refractivity contribution in [3.05, 3.63) is 34.5 Å². The molecular weight excluding hydrogens is 296 g/mol. The summed E-state index contributed by atoms with van der Waals surface area (Å²) >= 11 is 0. The summed E-state index contributed by atoms with van der Waals surface area (Å²) in [7, 11) is 0. The quantitative estimate of drug-likeness (QED) is 0.850. The average Bonchev–Trinajstić information content (AvgIpc) is 3.08. The van der Waals surface area contributed by atoms with Crippen LogP contribution in [0.2, 0.25) is 0 Å². The van der Waals surface area contributed by atoms with Gasteiger partial charge in [0.1, 0.15) is 5.76 Å². The molecule has 0 spiro atoms. The predicted octanol–water partition coefficient (Wildman–Crippen LogP) is 1.47. The Balaban J connectivity index is 1.51. The fourth-order valence-electron chi connectivity index (χ4n) is 2.88. The molecule has 0 N–H and O–H groups in total. The van der Waals surface area contributed by atoms with Gasteiger partial charge in [-0.15, -0.1) is 0 Å². The Hall–Kier alpha value is -2.15. The third-order valence-corrected chi connectivity index (χ3v) is 4.29. The van der Waals surface area contributed by atoms with Gasteiger partial charge in [-0.2, -0.15) is 0 Å². The van der Waals surface area contributed by atoms with Crippen molar-refractivity contribution < 1.29 is 13.8 Å². The topological polar surface area (TPSA) is 75.6 Å². The van der Waals surface area contributed by atoms with Crippen LogP contribution < -0.4 is 0 Å². The van der Waals surface area contributed by atoms with Crippen LogP contribution >= 0.6 is 0 Å². The molecule has 1 amide bonds. The lowest BCUT2D eigenvalue weighted by Crippen LogP contribution is -2.48. The molecule has 2 aromatic heterocycles. The maximum atomic E-state index is 12.4. The molecule has 1 saturated heterocycles. The molecule has 3 heterocycles. The standard InChI is InChI=1S/C16H22N4O3/c1-11-8-14(23-17-11)10-19-4-6-20(7-5-19)16(21)9-15-12(2)18-22-13(15)3/h8H,4-7,9-10H2,1-3H3. The highest BCUT2D eigenvalue weighted by atomic mass is 16.5. The van der Waals surface area contributed by atoms with Gasteiger partial charge in [-0.1, -0.05) is 10.3 Å². The van der Waals surface area contributed by atoms with E-state index in [1.807, 2.05) is 31.7 Å². The maximum absolute atomic E-state index is 12.4. The average molecular weight is 318 g/mol. The van der Waals surface area contributed by atoms with Crippen molar-refractivity contribution in [2.45, 2.75) is 33.7 Å². The zero-order chi connectivity index (χ0) is 16.4. The first kappa shape index (κ1) is 15.7. The van der Waals surface area contributed by atoms with Crippen LogP contribution in [-0.2, 0) is 17.8 Å². The number of rotatable bonds is 4. The first-order chi connectivity index (χ1) is 11.0. The van der Waals surface area contributed by atoms with E-state index in [1.165, 1.54) is 0 Å². The van der Waals surface area contributed by atoms with Gasteiger partial charge >= 0.3 is 0 Å². The molecule has 1 aliphatic heterocycles. The minimum Gasteiger partial charge on any atom is -0.361 e. The fourth-order valence-corrected chi connectivity index (χ4v) is 2.88. The lowest BCUT2D eigenvalue weighted by Gasteiger charge is -2.34. The molecule has 1 fully saturated rings. The molecule has 1 aliphatic rings. The van der Waals surface area contributed by atoms with Crippen LogP contribution in [0, 0.1) is 20.8 Å². The van der Waals surface area contributed by atoms with Crippen LogP contribution in [0.3, 0.4) is 0 Å². The Morgan fingerprint density at radius 3 is 2.43 bits per heavy atom. The molecular formula is C16H22N4O3. The second-order valence-electron chi connectivity index (χ2n) is 6.07. The predicted molar refractivity (Wildman–Crippen MR) is 82.8 cm³/mol. The van der Waals surface area contributed by atoms with Crippen molar-refractivity contribution in [3.8, 4) is 0 Å². The van der Waals surface area contributed by atoms with E-state index < -0.39 is 0 Å². The van der Waals surface area contributed by atoms with E-state index in [-0.39, 0.29) is 5.91 Å². The first-order valence-electron chi connectivity index (χ1n) is 7.87. The van der Waals surface area contributed by atoms with Gasteiger partial charge in [0.2, 0.25) is 5.91 Å². The molecule has 0 aromatic carbocycles. The van der Waals surface area contributed by atoms with Crippen molar-refractivity contribution in [3.63, 3.8) is 0 Å². The highest BCUT2D eigenvalue weighted by Crippen LogP contribution is 2.15. The van der Waals surface area contributed by atoms with Crippen molar-refractivity contribution in [1.29, 1.82) is 0 Å². The third-order valence-electron chi connectivity index (χ3n) is 4.29. The molecule has 0 radical (unpaired) electrons. The lowest BCUT2D eigenvalue weighted by molar-refractivity contribution is -0.132. The van der Waals surface area contributed by atoms with Gasteiger partial charge in [-0.3, -0.25) is 9.69 Å². The number of amides is 1. The van der Waals surface area contributed by atoms with Crippen molar-refractivity contribution in [1.82, 2.24) is 20.1 Å². The SMILES string of the molecule is Cc1cc(CN2CCN(C(=O)Cc3c(C)noc3C)CC2)on1. The summed E-state index contributed by atoms with van der Waals surface area (Å²) in [4.78, 5) is 16.6. The summed E-state index contributed by atoms with van der Waals surface area (Å²) in [5.41, 5.74) is 2.61. The lowest BCUT2D eigenvalue weighted by atomic mass is 10.1. The fraction of sp³-hybridized carbons (Fsp3) is 0.562. The number of piperazine rings is 1. The zero-order valence-corrected chi connectivity index (χ0v) is 13.8. The minimum absolute atomic E-state index is 0.134. The smallest absolute Gasteiger partial charge is 0.227 e. The van der Waals surface area contributed by atoms with Crippen LogP contribution in [0.1, 0.15) is 28.5 Å². The molecule has 0 unspecified atom stereocenters. The largest absolute Gasteiger partial charge is 0.361 e. The van der Waals surface area contributed by atoms with Gasteiger partial charge in [-0.05, 0) is 20.8 Å². The number of carbonyl (C=O) groups excluding carboxylic acids is 1. The Kier molecular flexibility index (Phi) is 4.47. The van der Waals surface area contributed by atoms with Gasteiger partial charge in [0.05, 0.1) is 24.4 Å². The normalized spacial score (nSPS) is 16.0. The maximum Gasteiger partial charge on any atom is 0.227 e. The van der Waals surface area contributed by atoms with Crippen LogP contribution in [0.5, 0.6) is 0 Å². The van der Waals surface area contributed by atoms with Crippen LogP contribution in [0.4, 0.5) is 0 Å². The third kappa shape index (κ3) is 3.61. The van der Waals surface area contributed by atoms with Crippen LogP contribution in [-0.4, -0.2) is 52.2 Å². The van der Waals surface area contributed by atoms with Crippen LogP contribution in [0.15, 0.2) is 15.1 Å². The van der Waals surface area contributed by atoms with E-state index in [9.17, 15) is 4.79 Å². The van der Waals surface area contributed by atoms with Gasteiger partial charge in [-0.25, -0.2) is 0 Å². The van der Waals surface area contributed by atoms with E-state index in [1.54, 1.807) is 0 Å². The Morgan fingerprint density at radius 1 is 1.13 bits per heavy atom. The molecule has 3 rings (SSSR count). The number of aromatic nitrogens is 2. The Labute approximate surface area is 135 Å². The van der Waals surface area contributed by atoms with Crippen molar-refractivity contribution in [2.75, 3.05) is 26.2 Å². The summed E-state index contributed by atoms with van der Waals surface area (Å²) in [5.74, 6) is 1.74. The summed E-state index contributed by atoms with van der Waals surface area (Å²) in [6.45, 7) is 9.52. The summed E-state index contributed by atoms with van der Waals surface area (Å²) in [5, 5.41) is 7.81. The second kappa shape index (κ2) is 6.54. The monoisotopic (exact) mass is 318 g/mol. The molecule has 23 heavy (non-hydrogen) atoms. The molecule has 7 nitrogen and oxygen atoms in total. The number of carbonyl (C=O) groups is 1. The van der Waals surface area contributed by atoms with Gasteiger partial charge < -0.3 is 13.9 Å². The number of hydrogen-bond acceptors (Lipinski definition) is 6. The molecule has 7 heteroatoms. The summed E-state index contributed by atoms with van der Waals surface area (Å²) < 4.78 is 10.4. The van der Waals surface area contributed by atoms with Gasteiger partial charge in [0, 0.05) is 37.8 Å². The van der Waals surface area contributed by atoms with E-state index in [0.29, 0.717) is 6.42 Å². The number of hydrogen-bond donors (Lipinski definition) is 0. The van der Waals surface area contributed by atoms with Gasteiger partial charge in [0.15, 0.2) is 5.76 Å². The zero-order valence-electron chi connectivity index (χ0n) is 13.8.